The van der Waals surface area contributed by atoms with Gasteiger partial charge in [-0.25, -0.2) is 0 Å². The number of fused-ring (bicyclic) bond motifs is 2. The molecule has 43 heavy (non-hydrogen) atoms. The maximum absolute atomic E-state index is 3.25. The van der Waals surface area contributed by atoms with Crippen LogP contribution < -0.4 is 0 Å². The average molecular weight is 623 g/mol. The fourth-order valence-corrected chi connectivity index (χ4v) is 5.46. The summed E-state index contributed by atoms with van der Waals surface area (Å²) in [5.74, 6) is 2.42. The molecule has 0 saturated carbocycles. The summed E-state index contributed by atoms with van der Waals surface area (Å²) < 4.78 is 0. The molecule has 0 nitrogen and oxygen atoms in total. The van der Waals surface area contributed by atoms with Crippen LogP contribution in [-0.4, -0.2) is 15.5 Å². The molecule has 0 saturated heterocycles. The molecule has 0 unspecified atom stereocenters. The third-order valence-electron chi connectivity index (χ3n) is 7.60. The SMILES string of the molecule is Cc1cc2c(C(C)C)cc(C(C)C)cc2[cH-]1.Cc1cc2c(C(C)C)cc(C(C)C)cc2[cH-]1.[CH2-]C.[SiH2]=[C-]c1ccccc1.[Ti+4]. The van der Waals surface area contributed by atoms with Crippen LogP contribution in [0.15, 0.2) is 78.9 Å². The first-order valence-corrected chi connectivity index (χ1v) is 16.3. The second-order valence-corrected chi connectivity index (χ2v) is 12.8. The molecule has 0 aliphatic rings. The van der Waals surface area contributed by atoms with Crippen molar-refractivity contribution in [1.82, 2.24) is 0 Å². The van der Waals surface area contributed by atoms with Gasteiger partial charge in [0.1, 0.15) is 0 Å². The summed E-state index contributed by atoms with van der Waals surface area (Å²) in [5, 5.41) is 5.70. The number of hydrogen-bond donors (Lipinski definition) is 0. The van der Waals surface area contributed by atoms with Crippen molar-refractivity contribution in [2.75, 3.05) is 0 Å². The third-order valence-corrected chi connectivity index (χ3v) is 8.01. The van der Waals surface area contributed by atoms with Gasteiger partial charge in [-0.3, -0.25) is 0 Å². The van der Waals surface area contributed by atoms with Crippen LogP contribution in [0.3, 0.4) is 0 Å². The van der Waals surface area contributed by atoms with Gasteiger partial charge >= 0.3 is 21.7 Å². The van der Waals surface area contributed by atoms with Crippen LogP contribution in [0, 0.1) is 20.8 Å². The third kappa shape index (κ3) is 11.0. The van der Waals surface area contributed by atoms with E-state index in [9.17, 15) is 0 Å². The van der Waals surface area contributed by atoms with Gasteiger partial charge in [0, 0.05) is 0 Å². The van der Waals surface area contributed by atoms with Gasteiger partial charge < -0.3 is 6.92 Å². The van der Waals surface area contributed by atoms with Crippen molar-refractivity contribution in [2.45, 2.75) is 99.8 Å². The van der Waals surface area contributed by atoms with E-state index in [4.69, 9.17) is 0 Å². The Hall–Kier alpha value is -2.32. The molecule has 2 heteroatoms. The first-order valence-electron chi connectivity index (χ1n) is 15.6. The Labute approximate surface area is 282 Å². The van der Waals surface area contributed by atoms with Crippen molar-refractivity contribution in [1.29, 1.82) is 0 Å². The normalized spacial score (nSPS) is 10.6. The number of rotatable bonds is 5. The minimum atomic E-state index is 0. The van der Waals surface area contributed by atoms with Gasteiger partial charge in [-0.2, -0.15) is 42.4 Å². The van der Waals surface area contributed by atoms with E-state index in [0.717, 1.165) is 0 Å². The van der Waals surface area contributed by atoms with E-state index in [-0.39, 0.29) is 21.7 Å². The van der Waals surface area contributed by atoms with E-state index in [1.165, 1.54) is 60.5 Å². The van der Waals surface area contributed by atoms with Crippen molar-refractivity contribution in [2.24, 2.45) is 0 Å². The standard InChI is InChI=1S/2C16H21.C7H7Si.C2H5.Ti/c2*1-10(2)13-8-14-6-12(5)7-16(14)15(9-13)11(3)4;8-6-7-4-2-1-3-5-7;1-2;/h2*6-11H,1-5H3;1-5H,8H2;1H2,2H3;/q4*-1;+4. The van der Waals surface area contributed by atoms with Crippen molar-refractivity contribution in [3.8, 4) is 0 Å². The summed E-state index contributed by atoms with van der Waals surface area (Å²) in [6, 6.07) is 28.8. The van der Waals surface area contributed by atoms with Crippen LogP contribution in [-0.2, 0) is 21.7 Å². The summed E-state index contributed by atoms with van der Waals surface area (Å²) in [7, 11) is 1.73. The van der Waals surface area contributed by atoms with Crippen molar-refractivity contribution < 1.29 is 21.7 Å². The largest absolute Gasteiger partial charge is 4.00 e. The van der Waals surface area contributed by atoms with Gasteiger partial charge in [0.25, 0.3) is 0 Å². The van der Waals surface area contributed by atoms with E-state index in [2.05, 4.69) is 130 Å². The molecule has 5 aromatic rings. The summed E-state index contributed by atoms with van der Waals surface area (Å²) >= 11 is 0. The number of benzene rings is 3. The first-order chi connectivity index (χ1) is 19.9. The molecule has 5 rings (SSSR count). The Morgan fingerprint density at radius 2 is 0.953 bits per heavy atom. The molecule has 0 bridgehead atoms. The second kappa shape index (κ2) is 18.5. The van der Waals surface area contributed by atoms with Crippen molar-refractivity contribution in [3.05, 3.63) is 125 Å². The molecule has 0 fully saturated rings. The molecular weight excluding hydrogens is 568 g/mol. The Kier molecular flexibility index (Phi) is 16.6. The van der Waals surface area contributed by atoms with Crippen molar-refractivity contribution >= 4 is 37.1 Å². The minimum Gasteiger partial charge on any atom is -0.346 e. The summed E-state index contributed by atoms with van der Waals surface area (Å²) in [5.41, 5.74) is 12.9. The molecule has 0 atom stereocenters. The predicted molar refractivity (Wildman–Crippen MR) is 195 cm³/mol. The zero-order chi connectivity index (χ0) is 31.6. The van der Waals surface area contributed by atoms with Gasteiger partial charge in [-0.1, -0.05) is 120 Å². The van der Waals surface area contributed by atoms with Gasteiger partial charge in [0.15, 0.2) is 0 Å². The molecule has 0 aliphatic heterocycles. The number of aryl methyl sites for hydroxylation is 2. The van der Waals surface area contributed by atoms with Crippen molar-refractivity contribution in [3.63, 3.8) is 0 Å². The van der Waals surface area contributed by atoms with Gasteiger partial charge in [-0.15, -0.1) is 69.1 Å². The smallest absolute Gasteiger partial charge is 0.346 e. The molecule has 5 aromatic carbocycles. The summed E-state index contributed by atoms with van der Waals surface area (Å²) in [6.45, 7) is 27.5. The van der Waals surface area contributed by atoms with Crippen LogP contribution in [0.2, 0.25) is 0 Å². The molecular formula is C41H54SiTi. The van der Waals surface area contributed by atoms with E-state index in [1.54, 1.807) is 16.8 Å². The fraction of sp³-hybridized carbons (Fsp3) is 0.366. The molecule has 0 radical (unpaired) electrons. The number of hydrogen-bond acceptors (Lipinski definition) is 0. The zero-order valence-electron chi connectivity index (χ0n) is 28.7. The van der Waals surface area contributed by atoms with E-state index in [1.807, 2.05) is 30.3 Å². The van der Waals surface area contributed by atoms with E-state index < -0.39 is 0 Å². The molecule has 0 spiro atoms. The molecule has 0 aliphatic carbocycles. The Bertz CT molecular complexity index is 1430. The minimum absolute atomic E-state index is 0. The van der Waals surface area contributed by atoms with Crippen LogP contribution >= 0.6 is 0 Å². The molecule has 0 N–H and O–H groups in total. The second-order valence-electron chi connectivity index (χ2n) is 12.5. The van der Waals surface area contributed by atoms with Crippen LogP contribution in [0.4, 0.5) is 0 Å². The van der Waals surface area contributed by atoms with Gasteiger partial charge in [-0.05, 0) is 23.7 Å². The maximum atomic E-state index is 3.25. The van der Waals surface area contributed by atoms with Crippen LogP contribution in [0.25, 0.3) is 21.5 Å². The molecule has 226 valence electrons. The van der Waals surface area contributed by atoms with Crippen LogP contribution in [0.5, 0.6) is 0 Å². The molecule has 0 aromatic heterocycles. The molecule has 0 heterocycles. The molecule has 0 amide bonds. The van der Waals surface area contributed by atoms with E-state index >= 15 is 0 Å². The van der Waals surface area contributed by atoms with Crippen LogP contribution in [0.1, 0.15) is 125 Å². The zero-order valence-corrected chi connectivity index (χ0v) is 31.7. The fourth-order valence-electron chi connectivity index (χ4n) is 5.23. The Balaban J connectivity index is 0.000000325. The average Bonchev–Trinajstić information content (AvgIpc) is 3.54. The topological polar surface area (TPSA) is 0 Å². The van der Waals surface area contributed by atoms with E-state index in [0.29, 0.717) is 23.7 Å². The van der Waals surface area contributed by atoms with Gasteiger partial charge in [0.05, 0.1) is 0 Å². The maximum Gasteiger partial charge on any atom is 4.00 e. The predicted octanol–water partition coefficient (Wildman–Crippen LogP) is 11.4. The monoisotopic (exact) mass is 622 g/mol. The first kappa shape index (κ1) is 38.7. The summed E-state index contributed by atoms with van der Waals surface area (Å²) in [4.78, 5) is 0. The quantitative estimate of drug-likeness (QED) is 0.135. The Morgan fingerprint density at radius 1 is 0.581 bits per heavy atom. The Morgan fingerprint density at radius 3 is 1.23 bits per heavy atom. The summed E-state index contributed by atoms with van der Waals surface area (Å²) in [6.07, 6.45) is 0. The van der Waals surface area contributed by atoms with Gasteiger partial charge in [0.2, 0.25) is 0 Å².